The van der Waals surface area contributed by atoms with Crippen molar-refractivity contribution < 1.29 is 133 Å². The average Bonchev–Trinajstić information content (AvgIpc) is 3.49. The van der Waals surface area contributed by atoms with Crippen LogP contribution in [0.25, 0.3) is 17.9 Å². The number of hydrogen-bond donors (Lipinski definition) is 14. The Balaban J connectivity index is 1.13. The number of methoxy groups -OCH3 is 2. The van der Waals surface area contributed by atoms with Crippen molar-refractivity contribution in [3.63, 3.8) is 0 Å². The Morgan fingerprint density at radius 3 is 1.85 bits per heavy atom. The number of ether oxygens (including phenoxy) is 11. The van der Waals surface area contributed by atoms with Gasteiger partial charge in [0.05, 0.1) is 20.8 Å². The van der Waals surface area contributed by atoms with Crippen molar-refractivity contribution in [1.29, 1.82) is 0 Å². The number of carbonyl (C=O) groups is 2. The van der Waals surface area contributed by atoms with Crippen LogP contribution in [0, 0.1) is 0 Å². The van der Waals surface area contributed by atoms with Crippen molar-refractivity contribution in [2.45, 2.75) is 98.4 Å². The molecule has 16 atom stereocenters. The highest BCUT2D eigenvalue weighted by molar-refractivity contribution is 5.88. The fourth-order valence-corrected chi connectivity index (χ4v) is 8.53. The van der Waals surface area contributed by atoms with E-state index in [0.29, 0.717) is 5.56 Å². The molecule has 3 aromatic carbocycles. The predicted molar refractivity (Wildman–Crippen MR) is 261 cm³/mol. The van der Waals surface area contributed by atoms with E-state index in [1.54, 1.807) is 0 Å². The van der Waals surface area contributed by atoms with Crippen LogP contribution in [0.3, 0.4) is 0 Å². The van der Waals surface area contributed by atoms with E-state index in [2.05, 4.69) is 0 Å². The van der Waals surface area contributed by atoms with Crippen molar-refractivity contribution in [2.24, 2.45) is 0 Å². The number of fused-ring (bicyclic) bond motifs is 1. The van der Waals surface area contributed by atoms with Crippen LogP contribution in [-0.2, 0) is 52.2 Å². The molecule has 5 aliphatic rings. The van der Waals surface area contributed by atoms with Gasteiger partial charge in [0.15, 0.2) is 58.4 Å². The van der Waals surface area contributed by atoms with E-state index in [1.165, 1.54) is 74.9 Å². The van der Waals surface area contributed by atoms with Crippen molar-refractivity contribution in [3.05, 3.63) is 125 Å². The molecule has 14 N–H and O–H groups in total. The van der Waals surface area contributed by atoms with Crippen LogP contribution in [-0.4, -0.2) is 209 Å². The molecule has 27 heteroatoms. The van der Waals surface area contributed by atoms with E-state index in [0.717, 1.165) is 36.4 Å². The fraction of sp³-hybridized carbons (Fsp3) is 0.385. The van der Waals surface area contributed by atoms with Gasteiger partial charge in [-0.2, -0.15) is 0 Å². The zero-order chi connectivity index (χ0) is 57.0. The summed E-state index contributed by atoms with van der Waals surface area (Å²) in [5.41, 5.74) is 0.658. The first-order valence-corrected chi connectivity index (χ1v) is 23.9. The first kappa shape index (κ1) is 57.7. The van der Waals surface area contributed by atoms with Crippen LogP contribution in [0.5, 0.6) is 34.5 Å². The minimum atomic E-state index is -2.27. The van der Waals surface area contributed by atoms with E-state index in [9.17, 15) is 81.1 Å². The van der Waals surface area contributed by atoms with Gasteiger partial charge in [0.25, 0.3) is 0 Å². The van der Waals surface area contributed by atoms with Crippen LogP contribution < -0.4 is 9.47 Å². The third kappa shape index (κ3) is 12.8. The number of phenolic OH excluding ortho intramolecular Hbond substituents is 4. The zero-order valence-corrected chi connectivity index (χ0v) is 41.5. The predicted octanol–water partition coefficient (Wildman–Crippen LogP) is -1.20. The molecule has 426 valence electrons. The molecule has 0 radical (unpaired) electrons. The standard InChI is InChI=1S/C52H56O27/c1-69-32-14-22(4-9-27(32)56)5-11-37(59)71-20-36-40(62)42(64)45(67)50(76-36)78-48-43(65)46(68)51(77-38(60)12-6-21-3-8-26(55)29(58)13-21)79-52(48)74-34-18-25-30(72-47(34)23-7-10-28(57)33(15-23)70-2)16-24(54)17-31(25)73-49-44(66)41(63)39(61)35(19-53)75-49/h3-18,30,35-36,39-46,48-58,61-68H,19-20H2,1-2H3. The monoisotopic (exact) mass is 1110 g/mol. The van der Waals surface area contributed by atoms with Crippen molar-refractivity contribution >= 4 is 29.8 Å². The van der Waals surface area contributed by atoms with E-state index >= 15 is 0 Å². The lowest BCUT2D eigenvalue weighted by atomic mass is 9.96. The quantitative estimate of drug-likeness (QED) is 0.0429. The number of aliphatic hydroxyl groups excluding tert-OH is 10. The third-order valence-corrected chi connectivity index (χ3v) is 12.8. The van der Waals surface area contributed by atoms with Crippen LogP contribution in [0.2, 0.25) is 0 Å². The summed E-state index contributed by atoms with van der Waals surface area (Å²) < 4.78 is 63.1. The minimum absolute atomic E-state index is 0.0420. The van der Waals surface area contributed by atoms with Crippen molar-refractivity contribution in [2.75, 3.05) is 27.4 Å². The molecule has 3 aromatic rings. The Morgan fingerprint density at radius 1 is 0.582 bits per heavy atom. The smallest absolute Gasteiger partial charge is 0.333 e. The molecule has 8 rings (SSSR count). The highest BCUT2D eigenvalue weighted by Gasteiger charge is 2.54. The first-order chi connectivity index (χ1) is 37.7. The molecule has 16 unspecified atom stereocenters. The summed E-state index contributed by atoms with van der Waals surface area (Å²) in [6.45, 7) is -1.60. The maximum atomic E-state index is 13.3. The van der Waals surface area contributed by atoms with Gasteiger partial charge in [-0.25, -0.2) is 9.59 Å². The molecule has 27 nitrogen and oxygen atoms in total. The molecule has 79 heavy (non-hydrogen) atoms. The molecule has 3 saturated heterocycles. The van der Waals surface area contributed by atoms with Gasteiger partial charge in [-0.1, -0.05) is 12.1 Å². The van der Waals surface area contributed by atoms with Gasteiger partial charge >= 0.3 is 11.9 Å². The number of aromatic hydroxyl groups is 4. The molecule has 4 heterocycles. The van der Waals surface area contributed by atoms with Crippen molar-refractivity contribution in [3.8, 4) is 34.5 Å². The first-order valence-electron chi connectivity index (χ1n) is 23.9. The Kier molecular flexibility index (Phi) is 18.0. The van der Waals surface area contributed by atoms with Gasteiger partial charge < -0.3 is 119 Å². The molecule has 0 spiro atoms. The number of phenols is 4. The molecule has 0 aromatic heterocycles. The number of aliphatic hydroxyl groups is 10. The maximum Gasteiger partial charge on any atom is 0.333 e. The van der Waals surface area contributed by atoms with Gasteiger partial charge in [0.2, 0.25) is 18.9 Å². The minimum Gasteiger partial charge on any atom is -0.508 e. The van der Waals surface area contributed by atoms with E-state index < -0.39 is 147 Å². The second-order valence-corrected chi connectivity index (χ2v) is 18.1. The summed E-state index contributed by atoms with van der Waals surface area (Å²) in [4.78, 5) is 26.1. The Hall–Kier alpha value is -7.48. The molecule has 3 fully saturated rings. The fourth-order valence-electron chi connectivity index (χ4n) is 8.53. The Bertz CT molecular complexity index is 2890. The Morgan fingerprint density at radius 2 is 1.18 bits per heavy atom. The van der Waals surface area contributed by atoms with Crippen LogP contribution >= 0.6 is 0 Å². The maximum absolute atomic E-state index is 13.3. The number of allylic oxidation sites excluding steroid dienone is 2. The van der Waals surface area contributed by atoms with E-state index in [4.69, 9.17) is 52.1 Å². The van der Waals surface area contributed by atoms with Gasteiger partial charge in [0, 0.05) is 35.4 Å². The van der Waals surface area contributed by atoms with Gasteiger partial charge in [-0.05, 0) is 71.8 Å². The lowest BCUT2D eigenvalue weighted by molar-refractivity contribution is -0.379. The summed E-state index contributed by atoms with van der Waals surface area (Å²) >= 11 is 0. The van der Waals surface area contributed by atoms with E-state index in [-0.39, 0.29) is 51.2 Å². The number of benzene rings is 3. The van der Waals surface area contributed by atoms with Crippen LogP contribution in [0.15, 0.2) is 108 Å². The number of carbonyl (C=O) groups excluding carboxylic acids is 2. The van der Waals surface area contributed by atoms with Crippen LogP contribution in [0.1, 0.15) is 16.7 Å². The van der Waals surface area contributed by atoms with Gasteiger partial charge in [-0.15, -0.1) is 0 Å². The summed E-state index contributed by atoms with van der Waals surface area (Å²) in [5.74, 6) is -5.08. The molecule has 0 saturated carbocycles. The second-order valence-electron chi connectivity index (χ2n) is 18.1. The molecule has 1 aliphatic carbocycles. The number of rotatable bonds is 17. The molecule has 4 aliphatic heterocycles. The highest BCUT2D eigenvalue weighted by Crippen LogP contribution is 2.42. The average molecular weight is 1110 g/mol. The third-order valence-electron chi connectivity index (χ3n) is 12.8. The molecular formula is C52H56O27. The van der Waals surface area contributed by atoms with E-state index in [1.807, 2.05) is 0 Å². The summed E-state index contributed by atoms with van der Waals surface area (Å²) in [6, 6.07) is 11.7. The largest absolute Gasteiger partial charge is 0.508 e. The lowest BCUT2D eigenvalue weighted by Crippen LogP contribution is -2.64. The normalized spacial score (nSPS) is 31.8. The Labute approximate surface area is 446 Å². The summed E-state index contributed by atoms with van der Waals surface area (Å²) in [5, 5.41) is 149. The topological polar surface area (TPSA) is 419 Å². The van der Waals surface area contributed by atoms with Gasteiger partial charge in [0.1, 0.15) is 85.3 Å². The lowest BCUT2D eigenvalue weighted by Gasteiger charge is -2.46. The summed E-state index contributed by atoms with van der Waals surface area (Å²) in [7, 11) is 2.57. The summed E-state index contributed by atoms with van der Waals surface area (Å²) in [6.07, 6.45) is -23.2. The molecular weight excluding hydrogens is 1060 g/mol. The highest BCUT2D eigenvalue weighted by atomic mass is 16.8. The second kappa shape index (κ2) is 24.7. The number of esters is 2. The zero-order valence-electron chi connectivity index (χ0n) is 41.5. The number of hydrogen-bond acceptors (Lipinski definition) is 27. The SMILES string of the molecule is COc1cc(C=CC(=O)OCC2OC(OC3C(OC4=C(c5ccc(O)c(OC)c5)OC5C=C(O)C=C(OC6OC(CO)C(O)C(O)C6O)C5=C4)OC(OC(=O)C=Cc4ccc(O)c(O)c4)C(O)C3O)C(O)C(O)C2O)ccc1O. The van der Waals surface area contributed by atoms with Crippen LogP contribution in [0.4, 0.5) is 0 Å². The molecule has 0 amide bonds. The van der Waals surface area contributed by atoms with Gasteiger partial charge in [-0.3, -0.25) is 4.74 Å². The molecule has 0 bridgehead atoms. The van der Waals surface area contributed by atoms with Crippen molar-refractivity contribution in [1.82, 2.24) is 0 Å².